The predicted octanol–water partition coefficient (Wildman–Crippen LogP) is 4.55. The van der Waals surface area contributed by atoms with E-state index in [9.17, 15) is 13.2 Å². The number of nitrogens with two attached hydrogens (primary N) is 1. The van der Waals surface area contributed by atoms with Crippen molar-refractivity contribution in [2.45, 2.75) is 12.4 Å². The van der Waals surface area contributed by atoms with Crippen LogP contribution in [0.2, 0.25) is 0 Å². The van der Waals surface area contributed by atoms with Crippen LogP contribution in [-0.4, -0.2) is 10.9 Å². The largest absolute Gasteiger partial charge is 0.573 e. The molecule has 0 saturated heterocycles. The highest BCUT2D eigenvalue weighted by atomic mass is 35.5. The Labute approximate surface area is 143 Å². The monoisotopic (exact) mass is 356 g/mol. The fourth-order valence-corrected chi connectivity index (χ4v) is 2.68. The number of benzene rings is 2. The SMILES string of the molecule is Cl.Cn1cc([C@H](N)c2ccc(OC(F)(F)F)cc2)c2ccccc21. The highest BCUT2D eigenvalue weighted by molar-refractivity contribution is 5.85. The van der Waals surface area contributed by atoms with Gasteiger partial charge < -0.3 is 15.0 Å². The topological polar surface area (TPSA) is 40.2 Å². The van der Waals surface area contributed by atoms with Gasteiger partial charge in [0.1, 0.15) is 5.75 Å². The number of ether oxygens (including phenoxy) is 1. The van der Waals surface area contributed by atoms with E-state index in [1.54, 1.807) is 12.1 Å². The minimum absolute atomic E-state index is 0. The fraction of sp³-hybridized carbons (Fsp3) is 0.176. The van der Waals surface area contributed by atoms with Gasteiger partial charge in [-0.15, -0.1) is 25.6 Å². The molecule has 0 amide bonds. The van der Waals surface area contributed by atoms with Gasteiger partial charge in [0, 0.05) is 24.1 Å². The van der Waals surface area contributed by atoms with Gasteiger partial charge >= 0.3 is 6.36 Å². The molecule has 0 saturated carbocycles. The van der Waals surface area contributed by atoms with Crippen LogP contribution in [0.4, 0.5) is 13.2 Å². The van der Waals surface area contributed by atoms with Crippen molar-refractivity contribution in [2.75, 3.05) is 0 Å². The number of alkyl halides is 3. The zero-order valence-corrected chi connectivity index (χ0v) is 13.6. The summed E-state index contributed by atoms with van der Waals surface area (Å²) in [5.74, 6) is -0.258. The van der Waals surface area contributed by atoms with Crippen LogP contribution in [0.15, 0.2) is 54.7 Å². The lowest BCUT2D eigenvalue weighted by atomic mass is 9.99. The summed E-state index contributed by atoms with van der Waals surface area (Å²) < 4.78 is 42.4. The van der Waals surface area contributed by atoms with Crippen LogP contribution in [0.25, 0.3) is 10.9 Å². The molecule has 2 aromatic carbocycles. The third-order valence-electron chi connectivity index (χ3n) is 3.74. The highest BCUT2D eigenvalue weighted by Gasteiger charge is 2.31. The summed E-state index contributed by atoms with van der Waals surface area (Å²) in [6, 6.07) is 13.1. The molecule has 0 aliphatic rings. The van der Waals surface area contributed by atoms with Crippen LogP contribution >= 0.6 is 12.4 Å². The average Bonchev–Trinajstić information content (AvgIpc) is 2.83. The van der Waals surface area contributed by atoms with Gasteiger partial charge in [-0.25, -0.2) is 0 Å². The minimum Gasteiger partial charge on any atom is -0.406 e. The molecule has 3 rings (SSSR count). The smallest absolute Gasteiger partial charge is 0.406 e. The Morgan fingerprint density at radius 3 is 2.29 bits per heavy atom. The van der Waals surface area contributed by atoms with E-state index < -0.39 is 12.4 Å². The van der Waals surface area contributed by atoms with E-state index in [2.05, 4.69) is 4.74 Å². The van der Waals surface area contributed by atoms with E-state index in [1.807, 2.05) is 42.1 Å². The molecular formula is C17H16ClF3N2O. The van der Waals surface area contributed by atoms with Crippen LogP contribution in [0.3, 0.4) is 0 Å². The molecule has 0 aliphatic heterocycles. The number of hydrogen-bond acceptors (Lipinski definition) is 2. The molecule has 0 aliphatic carbocycles. The summed E-state index contributed by atoms with van der Waals surface area (Å²) >= 11 is 0. The molecule has 1 atom stereocenters. The maximum atomic E-state index is 12.2. The Hall–Kier alpha value is -2.18. The average molecular weight is 357 g/mol. The number of aryl methyl sites for hydroxylation is 1. The first kappa shape index (κ1) is 18.2. The molecule has 2 N–H and O–H groups in total. The summed E-state index contributed by atoms with van der Waals surface area (Å²) in [4.78, 5) is 0. The number of para-hydroxylation sites is 1. The molecule has 24 heavy (non-hydrogen) atoms. The normalized spacial score (nSPS) is 12.7. The quantitative estimate of drug-likeness (QED) is 0.748. The second-order valence-electron chi connectivity index (χ2n) is 5.31. The number of halogens is 4. The van der Waals surface area contributed by atoms with Crippen molar-refractivity contribution < 1.29 is 17.9 Å². The molecule has 7 heteroatoms. The Bertz CT molecular complexity index is 828. The number of aromatic nitrogens is 1. The third kappa shape index (κ3) is 3.66. The number of nitrogens with zero attached hydrogens (tertiary/aromatic N) is 1. The maximum absolute atomic E-state index is 12.2. The lowest BCUT2D eigenvalue weighted by Gasteiger charge is -2.13. The molecule has 3 nitrogen and oxygen atoms in total. The van der Waals surface area contributed by atoms with Crippen molar-refractivity contribution in [3.63, 3.8) is 0 Å². The Kier molecular flexibility index (Phi) is 5.11. The molecule has 0 radical (unpaired) electrons. The minimum atomic E-state index is -4.70. The van der Waals surface area contributed by atoms with Crippen LogP contribution in [0.5, 0.6) is 5.75 Å². The summed E-state index contributed by atoms with van der Waals surface area (Å²) in [7, 11) is 1.93. The molecule has 1 aromatic heterocycles. The molecular weight excluding hydrogens is 341 g/mol. The third-order valence-corrected chi connectivity index (χ3v) is 3.74. The number of hydrogen-bond donors (Lipinski definition) is 1. The van der Waals surface area contributed by atoms with Crippen molar-refractivity contribution in [3.05, 3.63) is 65.9 Å². The molecule has 0 unspecified atom stereocenters. The van der Waals surface area contributed by atoms with Crippen LogP contribution < -0.4 is 10.5 Å². The van der Waals surface area contributed by atoms with Crippen molar-refractivity contribution in [1.29, 1.82) is 0 Å². The summed E-state index contributed by atoms with van der Waals surface area (Å²) in [5.41, 5.74) is 8.99. The molecule has 0 spiro atoms. The van der Waals surface area contributed by atoms with Crippen LogP contribution in [-0.2, 0) is 7.05 Å². The summed E-state index contributed by atoms with van der Waals surface area (Å²) in [5, 5.41) is 1.03. The van der Waals surface area contributed by atoms with Gasteiger partial charge in [0.25, 0.3) is 0 Å². The van der Waals surface area contributed by atoms with Crippen molar-refractivity contribution >= 4 is 23.3 Å². The standard InChI is InChI=1S/C17H15F3N2O.ClH/c1-22-10-14(13-4-2-3-5-15(13)22)16(21)11-6-8-12(9-7-11)23-17(18,19)20;/h2-10,16H,21H2,1H3;1H/t16-;/m1./s1. The Morgan fingerprint density at radius 1 is 1.04 bits per heavy atom. The van der Waals surface area contributed by atoms with Gasteiger partial charge in [-0.1, -0.05) is 30.3 Å². The van der Waals surface area contributed by atoms with Gasteiger partial charge in [-0.3, -0.25) is 0 Å². The van der Waals surface area contributed by atoms with Gasteiger partial charge in [0.05, 0.1) is 6.04 Å². The van der Waals surface area contributed by atoms with E-state index in [-0.39, 0.29) is 18.2 Å². The predicted molar refractivity (Wildman–Crippen MR) is 89.3 cm³/mol. The molecule has 0 fully saturated rings. The van der Waals surface area contributed by atoms with E-state index in [1.165, 1.54) is 12.1 Å². The van der Waals surface area contributed by atoms with E-state index in [0.29, 0.717) is 0 Å². The van der Waals surface area contributed by atoms with E-state index in [4.69, 9.17) is 5.73 Å². The first-order valence-electron chi connectivity index (χ1n) is 7.00. The van der Waals surface area contributed by atoms with Gasteiger partial charge in [0.15, 0.2) is 0 Å². The summed E-state index contributed by atoms with van der Waals surface area (Å²) in [6.45, 7) is 0. The second-order valence-corrected chi connectivity index (χ2v) is 5.31. The summed E-state index contributed by atoms with van der Waals surface area (Å²) in [6.07, 6.45) is -2.76. The number of rotatable bonds is 3. The zero-order valence-electron chi connectivity index (χ0n) is 12.7. The maximum Gasteiger partial charge on any atom is 0.573 e. The van der Waals surface area contributed by atoms with Crippen molar-refractivity contribution in [3.8, 4) is 5.75 Å². The zero-order chi connectivity index (χ0) is 16.6. The molecule has 0 bridgehead atoms. The Morgan fingerprint density at radius 2 is 1.67 bits per heavy atom. The van der Waals surface area contributed by atoms with E-state index in [0.717, 1.165) is 22.0 Å². The van der Waals surface area contributed by atoms with Gasteiger partial charge in [-0.05, 0) is 29.3 Å². The first-order valence-corrected chi connectivity index (χ1v) is 7.00. The number of fused-ring (bicyclic) bond motifs is 1. The van der Waals surface area contributed by atoms with Crippen molar-refractivity contribution in [1.82, 2.24) is 4.57 Å². The highest BCUT2D eigenvalue weighted by Crippen LogP contribution is 2.30. The van der Waals surface area contributed by atoms with Crippen LogP contribution in [0, 0.1) is 0 Å². The molecule has 128 valence electrons. The van der Waals surface area contributed by atoms with E-state index >= 15 is 0 Å². The second kappa shape index (κ2) is 6.75. The van der Waals surface area contributed by atoms with Crippen molar-refractivity contribution in [2.24, 2.45) is 12.8 Å². The lowest BCUT2D eigenvalue weighted by molar-refractivity contribution is -0.274. The first-order chi connectivity index (χ1) is 10.8. The van der Waals surface area contributed by atoms with Gasteiger partial charge in [-0.2, -0.15) is 0 Å². The Balaban J connectivity index is 0.00000208. The van der Waals surface area contributed by atoms with Crippen LogP contribution in [0.1, 0.15) is 17.2 Å². The fourth-order valence-electron chi connectivity index (χ4n) is 2.68. The van der Waals surface area contributed by atoms with Gasteiger partial charge in [0.2, 0.25) is 0 Å². The molecule has 3 aromatic rings. The lowest BCUT2D eigenvalue weighted by Crippen LogP contribution is -2.17. The molecule has 1 heterocycles.